The first-order chi connectivity index (χ1) is 24.9. The van der Waals surface area contributed by atoms with Crippen molar-refractivity contribution >= 4 is 59.3 Å². The minimum atomic E-state index is -1.73. The Balaban J connectivity index is 1.97. The van der Waals surface area contributed by atoms with Crippen LogP contribution in [0, 0.1) is 0 Å². The second-order valence-electron chi connectivity index (χ2n) is 12.4. The third kappa shape index (κ3) is 13.3. The molecule has 2 aliphatic heterocycles. The lowest BCUT2D eigenvalue weighted by molar-refractivity contribution is -0.145. The van der Waals surface area contributed by atoms with Crippen LogP contribution in [0.5, 0.6) is 0 Å². The van der Waals surface area contributed by atoms with Gasteiger partial charge in [0.1, 0.15) is 24.2 Å². The second-order valence-corrected chi connectivity index (χ2v) is 12.4. The maximum atomic E-state index is 13.0. The zero-order chi connectivity index (χ0) is 40.0. The van der Waals surface area contributed by atoms with E-state index >= 15 is 0 Å². The Kier molecular flexibility index (Phi) is 17.0. The van der Waals surface area contributed by atoms with Crippen molar-refractivity contribution in [2.24, 2.45) is 5.73 Å². The van der Waals surface area contributed by atoms with Gasteiger partial charge in [-0.2, -0.15) is 0 Å². The minimum absolute atomic E-state index is 0.0558. The van der Waals surface area contributed by atoms with E-state index < -0.39 is 141 Å². The van der Waals surface area contributed by atoms with E-state index in [0.717, 1.165) is 16.7 Å². The fourth-order valence-corrected chi connectivity index (χ4v) is 5.69. The van der Waals surface area contributed by atoms with Crippen molar-refractivity contribution in [3.63, 3.8) is 0 Å². The summed E-state index contributed by atoms with van der Waals surface area (Å²) in [6.07, 6.45) is -2.07. The van der Waals surface area contributed by atoms with Crippen LogP contribution in [0.1, 0.15) is 51.9 Å². The molecular formula is C30H46N8O15. The number of carboxylic acids is 3. The molecule has 23 heteroatoms. The van der Waals surface area contributed by atoms with Gasteiger partial charge in [-0.3, -0.25) is 43.2 Å². The van der Waals surface area contributed by atoms with Crippen LogP contribution in [0.3, 0.4) is 0 Å². The molecule has 2 saturated heterocycles. The molecule has 12 N–H and O–H groups in total. The van der Waals surface area contributed by atoms with Crippen LogP contribution in [0.4, 0.5) is 0 Å². The number of carbonyl (C=O) groups excluding carboxylic acids is 7. The molecule has 296 valence electrons. The van der Waals surface area contributed by atoms with Gasteiger partial charge in [0.05, 0.1) is 38.3 Å². The molecule has 2 heterocycles. The average Bonchev–Trinajstić information content (AvgIpc) is 3.79. The number of carbonyl (C=O) groups is 10. The number of hydrogen-bond acceptors (Lipinski definition) is 13. The van der Waals surface area contributed by atoms with Gasteiger partial charge >= 0.3 is 17.9 Å². The highest BCUT2D eigenvalue weighted by molar-refractivity contribution is 5.96. The molecule has 0 aliphatic carbocycles. The Labute approximate surface area is 302 Å². The normalized spacial score (nSPS) is 19.5. The number of rotatable bonds is 20. The summed E-state index contributed by atoms with van der Waals surface area (Å²) >= 11 is 0. The van der Waals surface area contributed by atoms with Crippen LogP contribution < -0.4 is 32.3 Å². The van der Waals surface area contributed by atoms with Crippen LogP contribution in [0.25, 0.3) is 0 Å². The molecule has 0 aromatic rings. The predicted octanol–water partition coefficient (Wildman–Crippen LogP) is -6.22. The molecule has 0 aromatic carbocycles. The number of aliphatic hydroxyl groups excluding tert-OH is 2. The van der Waals surface area contributed by atoms with Gasteiger partial charge in [-0.1, -0.05) is 0 Å². The van der Waals surface area contributed by atoms with Crippen LogP contribution in [-0.4, -0.2) is 170 Å². The van der Waals surface area contributed by atoms with Gasteiger partial charge in [-0.25, -0.2) is 4.79 Å². The van der Waals surface area contributed by atoms with Gasteiger partial charge < -0.3 is 67.7 Å². The summed E-state index contributed by atoms with van der Waals surface area (Å²) < 4.78 is 0. The van der Waals surface area contributed by atoms with Crippen molar-refractivity contribution < 1.29 is 73.5 Å². The highest BCUT2D eigenvalue weighted by Crippen LogP contribution is 2.19. The highest BCUT2D eigenvalue weighted by Gasteiger charge is 2.38. The Morgan fingerprint density at radius 2 is 1.36 bits per heavy atom. The molecule has 0 bridgehead atoms. The van der Waals surface area contributed by atoms with E-state index in [9.17, 15) is 58.2 Å². The van der Waals surface area contributed by atoms with E-state index in [1.807, 2.05) is 5.32 Å². The first-order valence-corrected chi connectivity index (χ1v) is 16.6. The smallest absolute Gasteiger partial charge is 0.328 e. The Hall–Kier alpha value is -5.42. The third-order valence-corrected chi connectivity index (χ3v) is 8.42. The summed E-state index contributed by atoms with van der Waals surface area (Å²) in [7, 11) is 0. The third-order valence-electron chi connectivity index (χ3n) is 8.42. The topological polar surface area (TPSA) is 364 Å². The minimum Gasteiger partial charge on any atom is -0.481 e. The first kappa shape index (κ1) is 43.7. The summed E-state index contributed by atoms with van der Waals surface area (Å²) in [6, 6.07) is -8.42. The van der Waals surface area contributed by atoms with Crippen molar-refractivity contribution in [2.45, 2.75) is 94.2 Å². The van der Waals surface area contributed by atoms with Gasteiger partial charge in [0.2, 0.25) is 41.4 Å². The summed E-state index contributed by atoms with van der Waals surface area (Å²) in [6.45, 7) is -1.04. The van der Waals surface area contributed by atoms with Crippen LogP contribution in [0.2, 0.25) is 0 Å². The molecule has 7 amide bonds. The Morgan fingerprint density at radius 3 is 1.91 bits per heavy atom. The Morgan fingerprint density at radius 1 is 0.755 bits per heavy atom. The predicted molar refractivity (Wildman–Crippen MR) is 175 cm³/mol. The molecular weight excluding hydrogens is 712 g/mol. The summed E-state index contributed by atoms with van der Waals surface area (Å²) in [5.74, 6) is -10.3. The standard InChI is InChI=1S/C30H46N8O15/c1-14(40)24(30(52)53)36-26(48)17(13-39)35-28(50)19-5-2-8-37(19)21(42)12-33-25(47)16(6-7-22(43)44)34-20(41)11-32-27(49)18-4-3-9-38(18)29(51)15(31)10-23(45)46/h14-19,24,39-40H,2-13,31H2,1H3,(H,32,49)(H,33,47)(H,34,41)(H,35,50)(H,36,48)(H,43,44)(H,45,46)(H,52,53)/t14-,15+,16+,17+,18+,19+,24+/m1/s1. The fourth-order valence-electron chi connectivity index (χ4n) is 5.69. The first-order valence-electron chi connectivity index (χ1n) is 16.6. The number of carboxylic acid groups (broad SMARTS) is 3. The lowest BCUT2D eigenvalue weighted by atomic mass is 10.1. The molecule has 2 fully saturated rings. The van der Waals surface area contributed by atoms with E-state index in [4.69, 9.17) is 21.1 Å². The lowest BCUT2D eigenvalue weighted by Crippen LogP contribution is -2.58. The van der Waals surface area contributed by atoms with E-state index in [0.29, 0.717) is 12.8 Å². The van der Waals surface area contributed by atoms with Crippen molar-refractivity contribution in [3.8, 4) is 0 Å². The number of nitrogens with two attached hydrogens (primary N) is 1. The zero-order valence-electron chi connectivity index (χ0n) is 28.8. The van der Waals surface area contributed by atoms with E-state index in [-0.39, 0.29) is 25.9 Å². The molecule has 2 aliphatic rings. The number of aliphatic hydroxyl groups is 2. The SMILES string of the molecule is C[C@@H](O)[C@H](NC(=O)[C@H](CO)NC(=O)[C@@H]1CCCN1C(=O)CNC(=O)[C@H](CCC(=O)O)NC(=O)CNC(=O)[C@@H]1CCCN1C(=O)[C@@H](N)CC(=O)O)C(=O)O. The van der Waals surface area contributed by atoms with Crippen molar-refractivity contribution in [3.05, 3.63) is 0 Å². The molecule has 0 aromatic heterocycles. The molecule has 0 saturated carbocycles. The van der Waals surface area contributed by atoms with Crippen molar-refractivity contribution in [1.82, 2.24) is 36.4 Å². The number of likely N-dealkylation sites (tertiary alicyclic amines) is 2. The average molecular weight is 759 g/mol. The number of amides is 7. The van der Waals surface area contributed by atoms with Crippen molar-refractivity contribution in [1.29, 1.82) is 0 Å². The van der Waals surface area contributed by atoms with Gasteiger partial charge in [0, 0.05) is 19.5 Å². The molecule has 0 unspecified atom stereocenters. The van der Waals surface area contributed by atoms with E-state index in [2.05, 4.69) is 21.3 Å². The van der Waals surface area contributed by atoms with Gasteiger partial charge in [-0.15, -0.1) is 0 Å². The zero-order valence-corrected chi connectivity index (χ0v) is 28.8. The quantitative estimate of drug-likeness (QED) is 0.0550. The molecule has 2 rings (SSSR count). The van der Waals surface area contributed by atoms with Crippen LogP contribution in [-0.2, 0) is 47.9 Å². The molecule has 7 atom stereocenters. The molecule has 23 nitrogen and oxygen atoms in total. The maximum absolute atomic E-state index is 13.0. The molecule has 0 spiro atoms. The van der Waals surface area contributed by atoms with E-state index in [1.54, 1.807) is 0 Å². The lowest BCUT2D eigenvalue weighted by Gasteiger charge is -2.27. The number of nitrogens with zero attached hydrogens (tertiary/aromatic N) is 2. The van der Waals surface area contributed by atoms with E-state index in [1.165, 1.54) is 0 Å². The van der Waals surface area contributed by atoms with Crippen LogP contribution in [0.15, 0.2) is 0 Å². The fraction of sp³-hybridized carbons (Fsp3) is 0.667. The molecule has 53 heavy (non-hydrogen) atoms. The highest BCUT2D eigenvalue weighted by atomic mass is 16.4. The number of aliphatic carboxylic acids is 3. The monoisotopic (exact) mass is 758 g/mol. The van der Waals surface area contributed by atoms with Crippen LogP contribution >= 0.6 is 0 Å². The van der Waals surface area contributed by atoms with Gasteiger partial charge in [0.25, 0.3) is 0 Å². The largest absolute Gasteiger partial charge is 0.481 e. The maximum Gasteiger partial charge on any atom is 0.328 e. The number of nitrogens with one attached hydrogen (secondary N) is 5. The van der Waals surface area contributed by atoms with Gasteiger partial charge in [-0.05, 0) is 39.0 Å². The summed E-state index contributed by atoms with van der Waals surface area (Å²) in [4.78, 5) is 125. The Bertz CT molecular complexity index is 1430. The van der Waals surface area contributed by atoms with Crippen molar-refractivity contribution in [2.75, 3.05) is 32.8 Å². The number of hydrogen-bond donors (Lipinski definition) is 11. The summed E-state index contributed by atoms with van der Waals surface area (Å²) in [5.41, 5.74) is 5.64. The second kappa shape index (κ2) is 20.6. The van der Waals surface area contributed by atoms with Gasteiger partial charge in [0.15, 0.2) is 6.04 Å². The molecule has 0 radical (unpaired) electrons. The summed E-state index contributed by atoms with van der Waals surface area (Å²) in [5, 5.41) is 57.5.